The van der Waals surface area contributed by atoms with Crippen molar-refractivity contribution >= 4 is 11.9 Å². The van der Waals surface area contributed by atoms with E-state index in [4.69, 9.17) is 9.47 Å². The van der Waals surface area contributed by atoms with Crippen LogP contribution in [0, 0.1) is 0 Å². The van der Waals surface area contributed by atoms with Gasteiger partial charge in [0.2, 0.25) is 0 Å². The van der Waals surface area contributed by atoms with E-state index in [0.717, 1.165) is 44.9 Å². The lowest BCUT2D eigenvalue weighted by atomic mass is 10.0. The highest BCUT2D eigenvalue weighted by molar-refractivity contribution is 5.70. The Morgan fingerprint density at radius 3 is 1.13 bits per heavy atom. The van der Waals surface area contributed by atoms with E-state index in [0.29, 0.717) is 12.8 Å². The molecule has 0 saturated carbocycles. The van der Waals surface area contributed by atoms with Crippen LogP contribution in [0.15, 0.2) is 24.3 Å². The molecule has 1 N–H and O–H groups in total. The summed E-state index contributed by atoms with van der Waals surface area (Å²) in [6.07, 6.45) is 54.1. The minimum atomic E-state index is -0.783. The first-order chi connectivity index (χ1) is 26.1. The quantitative estimate of drug-likeness (QED) is 0.0382. The third-order valence-electron chi connectivity index (χ3n) is 10.5. The average Bonchev–Trinajstić information content (AvgIpc) is 3.16. The number of hydrogen-bond acceptors (Lipinski definition) is 5. The van der Waals surface area contributed by atoms with Crippen molar-refractivity contribution in [1.29, 1.82) is 0 Å². The van der Waals surface area contributed by atoms with Crippen LogP contribution in [0.25, 0.3) is 0 Å². The van der Waals surface area contributed by atoms with Gasteiger partial charge >= 0.3 is 11.9 Å². The summed E-state index contributed by atoms with van der Waals surface area (Å²) in [5.41, 5.74) is 0. The maximum atomic E-state index is 12.2. The molecule has 0 radical (unpaired) electrons. The monoisotopic (exact) mass is 747 g/mol. The number of rotatable bonds is 43. The summed E-state index contributed by atoms with van der Waals surface area (Å²) in [6, 6.07) is 0. The van der Waals surface area contributed by atoms with Crippen LogP contribution >= 0.6 is 0 Å². The molecule has 0 aliphatic heterocycles. The fourth-order valence-corrected chi connectivity index (χ4v) is 6.93. The Hall–Kier alpha value is -1.62. The topological polar surface area (TPSA) is 72.8 Å². The van der Waals surface area contributed by atoms with Crippen LogP contribution in [-0.2, 0) is 19.1 Å². The minimum Gasteiger partial charge on any atom is -0.462 e. The van der Waals surface area contributed by atoms with Gasteiger partial charge in [0.15, 0.2) is 6.10 Å². The van der Waals surface area contributed by atoms with Crippen molar-refractivity contribution in [2.75, 3.05) is 13.2 Å². The summed E-state index contributed by atoms with van der Waals surface area (Å²) in [6.45, 7) is 4.14. The molecule has 0 unspecified atom stereocenters. The van der Waals surface area contributed by atoms with Crippen molar-refractivity contribution in [2.24, 2.45) is 0 Å². The number of esters is 2. The fraction of sp³-hybridized carbons (Fsp3) is 0.875. The third-order valence-corrected chi connectivity index (χ3v) is 10.5. The summed E-state index contributed by atoms with van der Waals surface area (Å²) in [5.74, 6) is -0.627. The van der Waals surface area contributed by atoms with Gasteiger partial charge in [-0.1, -0.05) is 218 Å². The van der Waals surface area contributed by atoms with Crippen molar-refractivity contribution in [3.63, 3.8) is 0 Å². The summed E-state index contributed by atoms with van der Waals surface area (Å²) in [5, 5.41) is 9.58. The fourth-order valence-electron chi connectivity index (χ4n) is 6.93. The zero-order valence-corrected chi connectivity index (χ0v) is 35.5. The molecule has 0 aliphatic rings. The predicted molar refractivity (Wildman–Crippen MR) is 228 cm³/mol. The Morgan fingerprint density at radius 1 is 0.415 bits per heavy atom. The lowest BCUT2D eigenvalue weighted by molar-refractivity contribution is -0.161. The van der Waals surface area contributed by atoms with Gasteiger partial charge in [0.05, 0.1) is 6.61 Å². The molecule has 1 atom stereocenters. The summed E-state index contributed by atoms with van der Waals surface area (Å²) >= 11 is 0. The number of aliphatic hydroxyl groups is 1. The van der Waals surface area contributed by atoms with Gasteiger partial charge in [-0.3, -0.25) is 9.59 Å². The van der Waals surface area contributed by atoms with Crippen molar-refractivity contribution in [3.8, 4) is 0 Å². The van der Waals surface area contributed by atoms with Gasteiger partial charge in [0.25, 0.3) is 0 Å². The third kappa shape index (κ3) is 43.0. The zero-order chi connectivity index (χ0) is 38.6. The maximum absolute atomic E-state index is 12.2. The Bertz CT molecular complexity index is 806. The molecule has 0 aromatic rings. The molecule has 0 aromatic carbocycles. The lowest BCUT2D eigenvalue weighted by Gasteiger charge is -2.15. The number of aliphatic hydroxyl groups excluding tert-OH is 1. The van der Waals surface area contributed by atoms with E-state index in [1.54, 1.807) is 0 Å². The van der Waals surface area contributed by atoms with Crippen molar-refractivity contribution in [1.82, 2.24) is 0 Å². The molecule has 0 spiro atoms. The van der Waals surface area contributed by atoms with Gasteiger partial charge < -0.3 is 14.6 Å². The van der Waals surface area contributed by atoms with Gasteiger partial charge in [0, 0.05) is 12.8 Å². The first kappa shape index (κ1) is 51.4. The lowest BCUT2D eigenvalue weighted by Crippen LogP contribution is -2.28. The Kier molecular flexibility index (Phi) is 43.4. The SMILES string of the molecule is CCCCCCCCCCCCCCCC/C=C/CC/C=C/CCCC(=O)OC[C@H](CO)OC(=O)CCCCCCCCCCCCCCCCCC. The van der Waals surface area contributed by atoms with Gasteiger partial charge in [-0.05, 0) is 44.9 Å². The van der Waals surface area contributed by atoms with E-state index in [-0.39, 0.29) is 25.2 Å². The van der Waals surface area contributed by atoms with E-state index in [9.17, 15) is 14.7 Å². The molecule has 0 saturated heterocycles. The smallest absolute Gasteiger partial charge is 0.306 e. The number of unbranched alkanes of at least 4 members (excludes halogenated alkanes) is 31. The Labute approximate surface area is 330 Å². The average molecular weight is 747 g/mol. The van der Waals surface area contributed by atoms with Crippen molar-refractivity contribution < 1.29 is 24.2 Å². The van der Waals surface area contributed by atoms with Crippen molar-refractivity contribution in [2.45, 2.75) is 258 Å². The van der Waals surface area contributed by atoms with Crippen LogP contribution < -0.4 is 0 Å². The molecular formula is C48H90O5. The zero-order valence-electron chi connectivity index (χ0n) is 35.5. The number of allylic oxidation sites excluding steroid dienone is 4. The van der Waals surface area contributed by atoms with Crippen LogP contribution in [-0.4, -0.2) is 36.4 Å². The second kappa shape index (κ2) is 44.8. The first-order valence-electron chi connectivity index (χ1n) is 23.4. The van der Waals surface area contributed by atoms with Gasteiger partial charge in [-0.25, -0.2) is 0 Å². The van der Waals surface area contributed by atoms with Gasteiger partial charge in [-0.15, -0.1) is 0 Å². The highest BCUT2D eigenvalue weighted by Crippen LogP contribution is 2.16. The molecule has 0 aliphatic carbocycles. The first-order valence-corrected chi connectivity index (χ1v) is 23.4. The molecule has 0 bridgehead atoms. The highest BCUT2D eigenvalue weighted by atomic mass is 16.6. The highest BCUT2D eigenvalue weighted by Gasteiger charge is 2.16. The minimum absolute atomic E-state index is 0.0818. The number of hydrogen-bond donors (Lipinski definition) is 1. The Morgan fingerprint density at radius 2 is 0.736 bits per heavy atom. The molecule has 0 aromatic heterocycles. The second-order valence-corrected chi connectivity index (χ2v) is 15.8. The van der Waals surface area contributed by atoms with E-state index < -0.39 is 6.10 Å². The van der Waals surface area contributed by atoms with E-state index in [1.807, 2.05) is 0 Å². The molecule has 0 fully saturated rings. The van der Waals surface area contributed by atoms with Gasteiger partial charge in [-0.2, -0.15) is 0 Å². The Balaban J connectivity index is 3.53. The van der Waals surface area contributed by atoms with Crippen LogP contribution in [0.3, 0.4) is 0 Å². The van der Waals surface area contributed by atoms with Crippen molar-refractivity contribution in [3.05, 3.63) is 24.3 Å². The van der Waals surface area contributed by atoms with Gasteiger partial charge in [0.1, 0.15) is 6.61 Å². The maximum Gasteiger partial charge on any atom is 0.306 e. The molecule has 53 heavy (non-hydrogen) atoms. The summed E-state index contributed by atoms with van der Waals surface area (Å²) < 4.78 is 10.6. The number of carbonyl (C=O) groups is 2. The molecular weight excluding hydrogens is 657 g/mol. The van der Waals surface area contributed by atoms with E-state index in [2.05, 4.69) is 38.2 Å². The van der Waals surface area contributed by atoms with E-state index >= 15 is 0 Å². The standard InChI is InChI=1S/C48H90O5/c1-3-5-7-9-11-13-15-17-19-21-22-23-24-25-26-27-29-30-32-34-36-38-40-42-47(50)52-45-46(44-49)53-48(51)43-41-39-37-35-33-31-28-20-18-16-14-12-10-8-6-4-2/h27,29,34,36,46,49H,3-26,28,30-33,35,37-45H2,1-2H3/b29-27+,36-34+/t46-/m0/s1. The summed E-state index contributed by atoms with van der Waals surface area (Å²) in [4.78, 5) is 24.3. The predicted octanol–water partition coefficient (Wildman–Crippen LogP) is 15.0. The summed E-state index contributed by atoms with van der Waals surface area (Å²) in [7, 11) is 0. The van der Waals surface area contributed by atoms with Crippen LogP contribution in [0.4, 0.5) is 0 Å². The molecule has 0 amide bonds. The van der Waals surface area contributed by atoms with Crippen LogP contribution in [0.5, 0.6) is 0 Å². The molecule has 312 valence electrons. The normalized spacial score (nSPS) is 12.3. The number of ether oxygens (including phenoxy) is 2. The molecule has 0 heterocycles. The molecule has 5 nitrogen and oxygen atoms in total. The molecule has 0 rings (SSSR count). The van der Waals surface area contributed by atoms with Crippen LogP contribution in [0.2, 0.25) is 0 Å². The molecule has 5 heteroatoms. The number of carbonyl (C=O) groups excluding carboxylic acids is 2. The van der Waals surface area contributed by atoms with E-state index in [1.165, 1.54) is 180 Å². The largest absolute Gasteiger partial charge is 0.462 e. The van der Waals surface area contributed by atoms with Crippen LogP contribution in [0.1, 0.15) is 251 Å². The second-order valence-electron chi connectivity index (χ2n) is 15.8.